The van der Waals surface area contributed by atoms with Crippen molar-refractivity contribution in [1.29, 1.82) is 0 Å². The predicted octanol–water partition coefficient (Wildman–Crippen LogP) is 1.35. The molecule has 0 aromatic heterocycles. The molecule has 6 nitrogen and oxygen atoms in total. The standard InChI is InChI=1S/C15H25N3O3S/c1-10-7-13(22(20,21)18(5)6)8-14(12(10)3)17-15(19)11(2)9-16-4/h7-8,11,16H,9H2,1-6H3,(H,17,19). The molecule has 0 saturated heterocycles. The number of nitrogens with one attached hydrogen (secondary N) is 2. The lowest BCUT2D eigenvalue weighted by Gasteiger charge is -2.18. The molecule has 1 rings (SSSR count). The van der Waals surface area contributed by atoms with Gasteiger partial charge in [-0.1, -0.05) is 6.92 Å². The largest absolute Gasteiger partial charge is 0.326 e. The summed E-state index contributed by atoms with van der Waals surface area (Å²) in [6, 6.07) is 3.14. The molecule has 7 heteroatoms. The fourth-order valence-electron chi connectivity index (χ4n) is 1.97. The molecule has 0 bridgehead atoms. The second kappa shape index (κ2) is 7.21. The number of anilines is 1. The summed E-state index contributed by atoms with van der Waals surface area (Å²) >= 11 is 0. The molecule has 0 aliphatic heterocycles. The van der Waals surface area contributed by atoms with E-state index in [9.17, 15) is 13.2 Å². The first-order valence-corrected chi connectivity index (χ1v) is 8.54. The molecule has 1 unspecified atom stereocenters. The minimum absolute atomic E-state index is 0.142. The van der Waals surface area contributed by atoms with Gasteiger partial charge in [-0.15, -0.1) is 0 Å². The highest BCUT2D eigenvalue weighted by Crippen LogP contribution is 2.25. The van der Waals surface area contributed by atoms with Crippen LogP contribution in [0.25, 0.3) is 0 Å². The highest BCUT2D eigenvalue weighted by Gasteiger charge is 2.21. The third kappa shape index (κ3) is 4.06. The number of carbonyl (C=O) groups excluding carboxylic acids is 1. The van der Waals surface area contributed by atoms with Crippen molar-refractivity contribution >= 4 is 21.6 Å². The van der Waals surface area contributed by atoms with Crippen molar-refractivity contribution in [2.45, 2.75) is 25.7 Å². The van der Waals surface area contributed by atoms with Crippen molar-refractivity contribution in [3.8, 4) is 0 Å². The maximum absolute atomic E-state index is 12.3. The first-order valence-electron chi connectivity index (χ1n) is 7.10. The van der Waals surface area contributed by atoms with Crippen LogP contribution in [-0.4, -0.2) is 46.3 Å². The van der Waals surface area contributed by atoms with Gasteiger partial charge in [-0.05, 0) is 44.2 Å². The first kappa shape index (κ1) is 18.6. The summed E-state index contributed by atoms with van der Waals surface area (Å²) in [5.41, 5.74) is 2.22. The van der Waals surface area contributed by atoms with Crippen molar-refractivity contribution in [3.63, 3.8) is 0 Å². The van der Waals surface area contributed by atoms with E-state index in [1.54, 1.807) is 13.1 Å². The highest BCUT2D eigenvalue weighted by atomic mass is 32.2. The van der Waals surface area contributed by atoms with Crippen LogP contribution in [0.3, 0.4) is 0 Å². The minimum atomic E-state index is -3.54. The van der Waals surface area contributed by atoms with E-state index < -0.39 is 10.0 Å². The lowest BCUT2D eigenvalue weighted by Crippen LogP contribution is -2.29. The summed E-state index contributed by atoms with van der Waals surface area (Å²) in [5.74, 6) is -0.352. The third-order valence-corrected chi connectivity index (χ3v) is 5.43. The first-order chi connectivity index (χ1) is 10.1. The van der Waals surface area contributed by atoms with E-state index >= 15 is 0 Å². The summed E-state index contributed by atoms with van der Waals surface area (Å²) < 4.78 is 25.7. The number of hydrogen-bond donors (Lipinski definition) is 2. The quantitative estimate of drug-likeness (QED) is 0.827. The predicted molar refractivity (Wildman–Crippen MR) is 88.5 cm³/mol. The molecule has 0 radical (unpaired) electrons. The van der Waals surface area contributed by atoms with E-state index in [1.807, 2.05) is 20.8 Å². The Hall–Kier alpha value is -1.44. The van der Waals surface area contributed by atoms with Gasteiger partial charge in [0.25, 0.3) is 0 Å². The maximum atomic E-state index is 12.3. The molecule has 0 fully saturated rings. The number of amides is 1. The zero-order valence-electron chi connectivity index (χ0n) is 14.0. The summed E-state index contributed by atoms with van der Waals surface area (Å²) in [4.78, 5) is 12.3. The van der Waals surface area contributed by atoms with Crippen molar-refractivity contribution in [3.05, 3.63) is 23.3 Å². The van der Waals surface area contributed by atoms with Crippen molar-refractivity contribution in [1.82, 2.24) is 9.62 Å². The van der Waals surface area contributed by atoms with Gasteiger partial charge >= 0.3 is 0 Å². The average molecular weight is 327 g/mol. The maximum Gasteiger partial charge on any atom is 0.242 e. The summed E-state index contributed by atoms with van der Waals surface area (Å²) in [6.07, 6.45) is 0. The van der Waals surface area contributed by atoms with E-state index in [-0.39, 0.29) is 16.7 Å². The number of carbonyl (C=O) groups is 1. The number of rotatable bonds is 6. The fraction of sp³-hybridized carbons (Fsp3) is 0.533. The van der Waals surface area contributed by atoms with Gasteiger partial charge in [-0.3, -0.25) is 4.79 Å². The molecular formula is C15H25N3O3S. The Morgan fingerprint density at radius 2 is 1.86 bits per heavy atom. The second-order valence-electron chi connectivity index (χ2n) is 5.65. The topological polar surface area (TPSA) is 78.5 Å². The molecule has 0 aliphatic rings. The van der Waals surface area contributed by atoms with E-state index in [2.05, 4.69) is 10.6 Å². The second-order valence-corrected chi connectivity index (χ2v) is 7.80. The number of benzene rings is 1. The molecule has 0 saturated carbocycles. The van der Waals surface area contributed by atoms with Gasteiger partial charge in [0.1, 0.15) is 0 Å². The average Bonchev–Trinajstić information content (AvgIpc) is 2.43. The Kier molecular flexibility index (Phi) is 6.10. The number of sulfonamides is 1. The summed E-state index contributed by atoms with van der Waals surface area (Å²) in [6.45, 7) is 6.06. The van der Waals surface area contributed by atoms with Gasteiger partial charge in [-0.2, -0.15) is 0 Å². The van der Waals surface area contributed by atoms with Gasteiger partial charge in [0.05, 0.1) is 4.90 Å². The van der Waals surface area contributed by atoms with E-state index in [1.165, 1.54) is 20.2 Å². The molecule has 22 heavy (non-hydrogen) atoms. The number of nitrogens with zero attached hydrogens (tertiary/aromatic N) is 1. The zero-order chi connectivity index (χ0) is 17.1. The summed E-state index contributed by atoms with van der Waals surface area (Å²) in [7, 11) is 1.21. The molecule has 2 N–H and O–H groups in total. The Bertz CT molecular complexity index is 654. The number of aryl methyl sites for hydroxylation is 1. The van der Waals surface area contributed by atoms with Crippen LogP contribution in [0.2, 0.25) is 0 Å². The molecule has 0 aliphatic carbocycles. The normalized spacial score (nSPS) is 13.2. The van der Waals surface area contributed by atoms with E-state index in [0.29, 0.717) is 12.2 Å². The molecular weight excluding hydrogens is 302 g/mol. The minimum Gasteiger partial charge on any atom is -0.326 e. The van der Waals surface area contributed by atoms with E-state index in [4.69, 9.17) is 0 Å². The molecule has 0 spiro atoms. The van der Waals surface area contributed by atoms with Gasteiger partial charge in [0.2, 0.25) is 15.9 Å². The van der Waals surface area contributed by atoms with Crippen molar-refractivity contribution in [2.24, 2.45) is 5.92 Å². The molecule has 1 aromatic rings. The van der Waals surface area contributed by atoms with Gasteiger partial charge in [-0.25, -0.2) is 12.7 Å². The van der Waals surface area contributed by atoms with E-state index in [0.717, 1.165) is 15.4 Å². The smallest absolute Gasteiger partial charge is 0.242 e. The summed E-state index contributed by atoms with van der Waals surface area (Å²) in [5, 5.41) is 5.77. The highest BCUT2D eigenvalue weighted by molar-refractivity contribution is 7.89. The zero-order valence-corrected chi connectivity index (χ0v) is 14.8. The van der Waals surface area contributed by atoms with Crippen LogP contribution in [0, 0.1) is 19.8 Å². The Balaban J connectivity index is 3.21. The lowest BCUT2D eigenvalue weighted by atomic mass is 10.1. The van der Waals surface area contributed by atoms with Gasteiger partial charge in [0.15, 0.2) is 0 Å². The Morgan fingerprint density at radius 3 is 2.36 bits per heavy atom. The Morgan fingerprint density at radius 1 is 1.27 bits per heavy atom. The van der Waals surface area contributed by atoms with Crippen molar-refractivity contribution in [2.75, 3.05) is 33.0 Å². The van der Waals surface area contributed by atoms with Gasteiger partial charge in [0, 0.05) is 32.2 Å². The van der Waals surface area contributed by atoms with Crippen LogP contribution in [0.4, 0.5) is 5.69 Å². The lowest BCUT2D eigenvalue weighted by molar-refractivity contribution is -0.119. The SMILES string of the molecule is CNCC(C)C(=O)Nc1cc(S(=O)(=O)N(C)C)cc(C)c1C. The molecule has 1 aromatic carbocycles. The van der Waals surface area contributed by atoms with Crippen LogP contribution in [0.1, 0.15) is 18.1 Å². The molecule has 1 amide bonds. The third-order valence-electron chi connectivity index (χ3n) is 3.64. The Labute approximate surface area is 132 Å². The van der Waals surface area contributed by atoms with Crippen molar-refractivity contribution < 1.29 is 13.2 Å². The van der Waals surface area contributed by atoms with Crippen LogP contribution in [-0.2, 0) is 14.8 Å². The fourth-order valence-corrected chi connectivity index (χ4v) is 2.98. The van der Waals surface area contributed by atoms with Gasteiger partial charge < -0.3 is 10.6 Å². The molecule has 1 atom stereocenters. The van der Waals surface area contributed by atoms with Crippen LogP contribution in [0.5, 0.6) is 0 Å². The van der Waals surface area contributed by atoms with Crippen LogP contribution in [0.15, 0.2) is 17.0 Å². The van der Waals surface area contributed by atoms with Crippen LogP contribution < -0.4 is 10.6 Å². The molecule has 124 valence electrons. The number of hydrogen-bond acceptors (Lipinski definition) is 4. The molecule has 0 heterocycles. The monoisotopic (exact) mass is 327 g/mol. The van der Waals surface area contributed by atoms with Crippen LogP contribution >= 0.6 is 0 Å².